The Kier molecular flexibility index (Phi) is 2.44. The van der Waals surface area contributed by atoms with Crippen molar-refractivity contribution in [2.24, 2.45) is 0 Å². The number of carboxylic acid groups (broad SMARTS) is 2. The van der Waals surface area contributed by atoms with E-state index in [1.807, 2.05) is 0 Å². The molecule has 5 nitrogen and oxygen atoms in total. The van der Waals surface area contributed by atoms with Gasteiger partial charge in [-0.1, -0.05) is 24.3 Å². The lowest BCUT2D eigenvalue weighted by Gasteiger charge is -2.08. The molecule has 17 heavy (non-hydrogen) atoms. The zero-order chi connectivity index (χ0) is 12.6. The largest absolute Gasteiger partial charge is 0.506 e. The zero-order valence-electron chi connectivity index (χ0n) is 8.54. The first-order valence-corrected chi connectivity index (χ1v) is 4.73. The van der Waals surface area contributed by atoms with Crippen molar-refractivity contribution in [2.75, 3.05) is 0 Å². The quantitative estimate of drug-likeness (QED) is 0.735. The minimum Gasteiger partial charge on any atom is -0.506 e. The normalized spacial score (nSPS) is 10.4. The summed E-state index contributed by atoms with van der Waals surface area (Å²) >= 11 is 0. The predicted molar refractivity (Wildman–Crippen MR) is 59.5 cm³/mol. The van der Waals surface area contributed by atoms with E-state index in [2.05, 4.69) is 0 Å². The van der Waals surface area contributed by atoms with Gasteiger partial charge in [0.15, 0.2) is 0 Å². The Bertz CT molecular complexity index is 630. The topological polar surface area (TPSA) is 94.8 Å². The van der Waals surface area contributed by atoms with E-state index in [4.69, 9.17) is 10.2 Å². The van der Waals surface area contributed by atoms with E-state index in [9.17, 15) is 14.7 Å². The van der Waals surface area contributed by atoms with Gasteiger partial charge in [0.05, 0.1) is 5.56 Å². The van der Waals surface area contributed by atoms with E-state index < -0.39 is 28.8 Å². The smallest absolute Gasteiger partial charge is 0.340 e. The number of hydrogen-bond acceptors (Lipinski definition) is 3. The fraction of sp³-hybridized carbons (Fsp3) is 0. The fourth-order valence-corrected chi connectivity index (χ4v) is 1.71. The van der Waals surface area contributed by atoms with E-state index in [1.54, 1.807) is 18.2 Å². The van der Waals surface area contributed by atoms with E-state index in [0.29, 0.717) is 10.8 Å². The number of phenols is 1. The first kappa shape index (κ1) is 10.9. The molecule has 0 fully saturated rings. The number of aromatic hydroxyl groups is 1. The Labute approximate surface area is 95.5 Å². The van der Waals surface area contributed by atoms with Crippen molar-refractivity contribution in [1.29, 1.82) is 0 Å². The summed E-state index contributed by atoms with van der Waals surface area (Å²) in [5.74, 6) is -3.37. The molecular weight excluding hydrogens is 224 g/mol. The molecule has 0 atom stereocenters. The maximum atomic E-state index is 11.0. The summed E-state index contributed by atoms with van der Waals surface area (Å²) in [7, 11) is 0. The SMILES string of the molecule is O=C(O)c1cc2ccccc2c(O)c1C(=O)O. The third-order valence-corrected chi connectivity index (χ3v) is 2.47. The molecule has 0 aromatic heterocycles. The summed E-state index contributed by atoms with van der Waals surface area (Å²) in [6.07, 6.45) is 0. The minimum atomic E-state index is -1.47. The number of hydrogen-bond donors (Lipinski definition) is 3. The van der Waals surface area contributed by atoms with Crippen molar-refractivity contribution in [2.45, 2.75) is 0 Å². The highest BCUT2D eigenvalue weighted by Gasteiger charge is 2.22. The molecule has 0 amide bonds. The van der Waals surface area contributed by atoms with Gasteiger partial charge >= 0.3 is 11.9 Å². The van der Waals surface area contributed by atoms with Crippen molar-refractivity contribution in [3.63, 3.8) is 0 Å². The second-order valence-corrected chi connectivity index (χ2v) is 3.48. The number of rotatable bonds is 2. The molecule has 2 rings (SSSR count). The number of carboxylic acids is 2. The molecule has 2 aromatic rings. The van der Waals surface area contributed by atoms with E-state index in [0.717, 1.165) is 0 Å². The zero-order valence-corrected chi connectivity index (χ0v) is 8.54. The number of carbonyl (C=O) groups is 2. The van der Waals surface area contributed by atoms with Gasteiger partial charge in [-0.15, -0.1) is 0 Å². The van der Waals surface area contributed by atoms with Crippen LogP contribution < -0.4 is 0 Å². The molecule has 0 saturated carbocycles. The van der Waals surface area contributed by atoms with Crippen molar-refractivity contribution < 1.29 is 24.9 Å². The van der Waals surface area contributed by atoms with Crippen LogP contribution in [0.25, 0.3) is 10.8 Å². The van der Waals surface area contributed by atoms with E-state index in [1.165, 1.54) is 12.1 Å². The highest BCUT2D eigenvalue weighted by Crippen LogP contribution is 2.31. The van der Waals surface area contributed by atoms with Crippen LogP contribution in [-0.2, 0) is 0 Å². The highest BCUT2D eigenvalue weighted by atomic mass is 16.4. The van der Waals surface area contributed by atoms with Gasteiger partial charge in [-0.25, -0.2) is 9.59 Å². The fourth-order valence-electron chi connectivity index (χ4n) is 1.71. The molecule has 0 aliphatic carbocycles. The van der Waals surface area contributed by atoms with Crippen LogP contribution in [0, 0.1) is 0 Å². The average Bonchev–Trinajstić information content (AvgIpc) is 2.28. The Morgan fingerprint density at radius 1 is 1.00 bits per heavy atom. The Morgan fingerprint density at radius 2 is 1.65 bits per heavy atom. The third kappa shape index (κ3) is 1.67. The van der Waals surface area contributed by atoms with Gasteiger partial charge in [0, 0.05) is 5.39 Å². The van der Waals surface area contributed by atoms with Crippen LogP contribution in [0.15, 0.2) is 30.3 Å². The first-order valence-electron chi connectivity index (χ1n) is 4.73. The Balaban J connectivity index is 2.94. The summed E-state index contributed by atoms with van der Waals surface area (Å²) in [4.78, 5) is 21.9. The van der Waals surface area contributed by atoms with Crippen LogP contribution in [0.3, 0.4) is 0 Å². The van der Waals surface area contributed by atoms with Crippen LogP contribution in [-0.4, -0.2) is 27.3 Å². The molecular formula is C12H8O5. The molecule has 0 spiro atoms. The van der Waals surface area contributed by atoms with Gasteiger partial charge in [-0.05, 0) is 11.5 Å². The summed E-state index contributed by atoms with van der Waals surface area (Å²) in [5, 5.41) is 28.5. The van der Waals surface area contributed by atoms with Crippen molar-refractivity contribution in [3.05, 3.63) is 41.5 Å². The van der Waals surface area contributed by atoms with Crippen LogP contribution in [0.4, 0.5) is 0 Å². The molecule has 5 heteroatoms. The van der Waals surface area contributed by atoms with E-state index >= 15 is 0 Å². The summed E-state index contributed by atoms with van der Waals surface area (Å²) < 4.78 is 0. The van der Waals surface area contributed by atoms with Crippen LogP contribution >= 0.6 is 0 Å². The maximum Gasteiger partial charge on any atom is 0.340 e. The van der Waals surface area contributed by atoms with Crippen LogP contribution in [0.2, 0.25) is 0 Å². The molecule has 0 bridgehead atoms. The molecule has 86 valence electrons. The average molecular weight is 232 g/mol. The molecule has 3 N–H and O–H groups in total. The van der Waals surface area contributed by atoms with Gasteiger partial charge in [0.25, 0.3) is 0 Å². The minimum absolute atomic E-state index is 0.315. The number of benzene rings is 2. The lowest BCUT2D eigenvalue weighted by molar-refractivity contribution is 0.0649. The number of fused-ring (bicyclic) bond motifs is 1. The first-order chi connectivity index (χ1) is 8.02. The monoisotopic (exact) mass is 232 g/mol. The third-order valence-electron chi connectivity index (χ3n) is 2.47. The van der Waals surface area contributed by atoms with Crippen LogP contribution in [0.1, 0.15) is 20.7 Å². The number of aromatic carboxylic acids is 2. The molecule has 2 aromatic carbocycles. The summed E-state index contributed by atoms with van der Waals surface area (Å²) in [6, 6.07) is 7.68. The second-order valence-electron chi connectivity index (χ2n) is 3.48. The van der Waals surface area contributed by atoms with Gasteiger partial charge < -0.3 is 15.3 Å². The molecule has 0 aliphatic rings. The highest BCUT2D eigenvalue weighted by molar-refractivity contribution is 6.09. The van der Waals surface area contributed by atoms with Gasteiger partial charge in [-0.2, -0.15) is 0 Å². The summed E-state index contributed by atoms with van der Waals surface area (Å²) in [5.41, 5.74) is -1.01. The van der Waals surface area contributed by atoms with Crippen molar-refractivity contribution >= 4 is 22.7 Å². The molecule has 0 radical (unpaired) electrons. The lowest BCUT2D eigenvalue weighted by atomic mass is 9.99. The van der Waals surface area contributed by atoms with E-state index in [-0.39, 0.29) is 0 Å². The maximum absolute atomic E-state index is 11.0. The predicted octanol–water partition coefficient (Wildman–Crippen LogP) is 1.94. The Hall–Kier alpha value is -2.56. The van der Waals surface area contributed by atoms with Crippen molar-refractivity contribution in [3.8, 4) is 5.75 Å². The molecule has 0 unspecified atom stereocenters. The molecule has 0 saturated heterocycles. The molecule has 0 heterocycles. The van der Waals surface area contributed by atoms with Crippen LogP contribution in [0.5, 0.6) is 5.75 Å². The van der Waals surface area contributed by atoms with Crippen molar-refractivity contribution in [1.82, 2.24) is 0 Å². The lowest BCUT2D eigenvalue weighted by Crippen LogP contribution is -2.08. The molecule has 0 aliphatic heterocycles. The Morgan fingerprint density at radius 3 is 2.24 bits per heavy atom. The summed E-state index contributed by atoms with van der Waals surface area (Å²) in [6.45, 7) is 0. The standard InChI is InChI=1S/C12H8O5/c13-10-7-4-2-1-3-6(7)5-8(11(14)15)9(10)12(16)17/h1-5,13H,(H,14,15)(H,16,17). The second kappa shape index (κ2) is 3.79. The van der Waals surface area contributed by atoms with Gasteiger partial charge in [0.1, 0.15) is 11.3 Å². The van der Waals surface area contributed by atoms with Gasteiger partial charge in [0.2, 0.25) is 0 Å². The van der Waals surface area contributed by atoms with Gasteiger partial charge in [-0.3, -0.25) is 0 Å².